The number of methoxy groups -OCH3 is 1. The zero-order chi connectivity index (χ0) is 28.4. The highest BCUT2D eigenvalue weighted by molar-refractivity contribution is 6.04. The molecule has 2 aromatic heterocycles. The number of hydrogen-bond acceptors (Lipinski definition) is 9. The first-order valence-electron chi connectivity index (χ1n) is 12.6. The number of aromatic nitrogens is 2. The van der Waals surface area contributed by atoms with Crippen molar-refractivity contribution in [3.63, 3.8) is 0 Å². The SMILES string of the molecule is COc1ccc(C(=O)Nc2cnc(C)c(N3C=C(c4cncc(N5CCN(C)CC5)c4)NN3)c2)cc1C(F)(F)F. The molecule has 0 radical (unpaired) electrons. The van der Waals surface area contributed by atoms with Gasteiger partial charge in [-0.2, -0.15) is 13.2 Å². The number of benzene rings is 1. The van der Waals surface area contributed by atoms with E-state index in [1.165, 1.54) is 12.3 Å². The number of anilines is 3. The van der Waals surface area contributed by atoms with E-state index in [0.29, 0.717) is 17.1 Å². The first kappa shape index (κ1) is 27.2. The fourth-order valence-electron chi connectivity index (χ4n) is 4.51. The Morgan fingerprint density at radius 1 is 1.07 bits per heavy atom. The largest absolute Gasteiger partial charge is 0.496 e. The van der Waals surface area contributed by atoms with Crippen LogP contribution in [0.5, 0.6) is 5.75 Å². The number of ether oxygens (including phenoxy) is 1. The summed E-state index contributed by atoms with van der Waals surface area (Å²) in [6, 6.07) is 6.92. The Labute approximate surface area is 229 Å². The molecule has 1 fully saturated rings. The van der Waals surface area contributed by atoms with Crippen molar-refractivity contribution in [1.82, 2.24) is 25.8 Å². The molecule has 1 saturated heterocycles. The van der Waals surface area contributed by atoms with Crippen LogP contribution in [0.1, 0.15) is 27.2 Å². The Balaban J connectivity index is 1.33. The second-order valence-corrected chi connectivity index (χ2v) is 9.57. The number of piperazine rings is 1. The Morgan fingerprint density at radius 2 is 1.85 bits per heavy atom. The lowest BCUT2D eigenvalue weighted by Crippen LogP contribution is -2.44. The summed E-state index contributed by atoms with van der Waals surface area (Å²) in [5.41, 5.74) is 9.36. The second kappa shape index (κ2) is 11.0. The van der Waals surface area contributed by atoms with E-state index in [2.05, 4.69) is 49.2 Å². The number of halogens is 3. The molecule has 1 amide bonds. The number of carbonyl (C=O) groups excluding carboxylic acids is 1. The van der Waals surface area contributed by atoms with Crippen molar-refractivity contribution in [2.75, 3.05) is 55.6 Å². The van der Waals surface area contributed by atoms with Crippen LogP contribution in [0.3, 0.4) is 0 Å². The highest BCUT2D eigenvalue weighted by atomic mass is 19.4. The van der Waals surface area contributed by atoms with E-state index >= 15 is 0 Å². The van der Waals surface area contributed by atoms with Crippen LogP contribution in [-0.4, -0.2) is 61.1 Å². The van der Waals surface area contributed by atoms with Crippen molar-refractivity contribution in [3.05, 3.63) is 77.5 Å². The molecule has 3 aromatic rings. The minimum atomic E-state index is -4.67. The molecule has 0 spiro atoms. The number of alkyl halides is 3. The number of hydrogen-bond donors (Lipinski definition) is 3. The van der Waals surface area contributed by atoms with E-state index in [9.17, 15) is 18.0 Å². The summed E-state index contributed by atoms with van der Waals surface area (Å²) < 4.78 is 45.0. The molecule has 210 valence electrons. The van der Waals surface area contributed by atoms with Crippen molar-refractivity contribution in [3.8, 4) is 5.75 Å². The molecule has 1 aromatic carbocycles. The third kappa shape index (κ3) is 5.80. The fourth-order valence-corrected chi connectivity index (χ4v) is 4.51. The van der Waals surface area contributed by atoms with Crippen molar-refractivity contribution < 1.29 is 22.7 Å². The number of nitrogens with zero attached hydrogens (tertiary/aromatic N) is 5. The number of pyridine rings is 2. The van der Waals surface area contributed by atoms with Crippen LogP contribution in [0.4, 0.5) is 30.2 Å². The number of hydrazine groups is 2. The zero-order valence-electron chi connectivity index (χ0n) is 22.2. The molecule has 0 bridgehead atoms. The highest BCUT2D eigenvalue weighted by Gasteiger charge is 2.35. The van der Waals surface area contributed by atoms with Gasteiger partial charge in [-0.05, 0) is 44.3 Å². The summed E-state index contributed by atoms with van der Waals surface area (Å²) in [5, 5.41) is 4.34. The fraction of sp³-hybridized carbons (Fsp3) is 0.296. The number of nitrogens with one attached hydrogen (secondary N) is 3. The van der Waals surface area contributed by atoms with Crippen molar-refractivity contribution in [1.29, 1.82) is 0 Å². The number of rotatable bonds is 6. The summed E-state index contributed by atoms with van der Waals surface area (Å²) in [4.78, 5) is 26.2. The number of aryl methyl sites for hydroxylation is 1. The monoisotopic (exact) mass is 554 g/mol. The summed E-state index contributed by atoms with van der Waals surface area (Å²) in [5.74, 6) is -1.07. The molecule has 2 aliphatic rings. The van der Waals surface area contributed by atoms with Gasteiger partial charge in [0, 0.05) is 49.7 Å². The van der Waals surface area contributed by atoms with Crippen molar-refractivity contribution in [2.24, 2.45) is 0 Å². The Hall–Kier alpha value is -4.36. The van der Waals surface area contributed by atoms with E-state index in [1.807, 2.05) is 19.3 Å². The van der Waals surface area contributed by atoms with Gasteiger partial charge < -0.3 is 25.3 Å². The average Bonchev–Trinajstić information content (AvgIpc) is 3.44. The molecular weight excluding hydrogens is 525 g/mol. The topological polar surface area (TPSA) is 97.9 Å². The maximum Gasteiger partial charge on any atom is 0.419 e. The number of carbonyl (C=O) groups is 1. The van der Waals surface area contributed by atoms with E-state index in [1.54, 1.807) is 17.3 Å². The summed E-state index contributed by atoms with van der Waals surface area (Å²) >= 11 is 0. The minimum absolute atomic E-state index is 0.161. The zero-order valence-corrected chi connectivity index (χ0v) is 22.2. The van der Waals surface area contributed by atoms with Gasteiger partial charge in [0.05, 0.1) is 53.5 Å². The molecule has 0 atom stereocenters. The lowest BCUT2D eigenvalue weighted by Gasteiger charge is -2.33. The van der Waals surface area contributed by atoms with Crippen LogP contribution in [0, 0.1) is 6.92 Å². The van der Waals surface area contributed by atoms with Gasteiger partial charge in [-0.1, -0.05) is 0 Å². The van der Waals surface area contributed by atoms with Crippen LogP contribution in [0.15, 0.2) is 55.1 Å². The number of likely N-dealkylation sites (N-methyl/N-ethyl adjacent to an activating group) is 1. The lowest BCUT2D eigenvalue weighted by atomic mass is 10.1. The van der Waals surface area contributed by atoms with E-state index < -0.39 is 17.6 Å². The molecule has 0 aliphatic carbocycles. The van der Waals surface area contributed by atoms with Crippen LogP contribution in [-0.2, 0) is 6.18 Å². The van der Waals surface area contributed by atoms with E-state index in [-0.39, 0.29) is 11.3 Å². The van der Waals surface area contributed by atoms with Gasteiger partial charge in [-0.3, -0.25) is 19.8 Å². The third-order valence-electron chi connectivity index (χ3n) is 6.82. The maximum absolute atomic E-state index is 13.4. The van der Waals surface area contributed by atoms with E-state index in [0.717, 1.165) is 62.4 Å². The lowest BCUT2D eigenvalue weighted by molar-refractivity contribution is -0.138. The minimum Gasteiger partial charge on any atom is -0.496 e. The summed E-state index contributed by atoms with van der Waals surface area (Å²) in [7, 11) is 3.26. The van der Waals surface area contributed by atoms with Gasteiger partial charge >= 0.3 is 6.18 Å². The standard InChI is InChI=1S/C27H29F3N8O2/c1-17-24(12-20(14-32-17)33-26(39)18-4-5-25(40-3)22(11-18)27(28,29)30)38-16-23(34-35-38)19-10-21(15-31-13-19)37-8-6-36(2)7-9-37/h4-5,10-16,34-35H,6-9H2,1-3H3,(H,33,39). The smallest absolute Gasteiger partial charge is 0.419 e. The average molecular weight is 555 g/mol. The van der Waals surface area contributed by atoms with Crippen LogP contribution in [0.2, 0.25) is 0 Å². The van der Waals surface area contributed by atoms with Crippen LogP contribution >= 0.6 is 0 Å². The second-order valence-electron chi connectivity index (χ2n) is 9.57. The molecule has 2 aliphatic heterocycles. The van der Waals surface area contributed by atoms with Gasteiger partial charge in [0.15, 0.2) is 0 Å². The summed E-state index contributed by atoms with van der Waals surface area (Å²) in [6.07, 6.45) is 2.26. The Morgan fingerprint density at radius 3 is 2.58 bits per heavy atom. The molecule has 13 heteroatoms. The van der Waals surface area contributed by atoms with Gasteiger partial charge in [0.25, 0.3) is 5.91 Å². The molecule has 5 rings (SSSR count). The van der Waals surface area contributed by atoms with Gasteiger partial charge in [0.1, 0.15) is 5.75 Å². The summed E-state index contributed by atoms with van der Waals surface area (Å²) in [6.45, 7) is 5.64. The normalized spacial score (nSPS) is 16.0. The molecule has 0 saturated carbocycles. The molecule has 3 N–H and O–H groups in total. The van der Waals surface area contributed by atoms with Crippen molar-refractivity contribution >= 4 is 28.7 Å². The van der Waals surface area contributed by atoms with Crippen LogP contribution < -0.4 is 30.9 Å². The molecular formula is C27H29F3N8O2. The predicted octanol–water partition coefficient (Wildman–Crippen LogP) is 3.64. The Kier molecular flexibility index (Phi) is 7.50. The van der Waals surface area contributed by atoms with Gasteiger partial charge in [-0.25, -0.2) is 0 Å². The first-order chi connectivity index (χ1) is 19.1. The molecule has 0 unspecified atom stereocenters. The van der Waals surface area contributed by atoms with Crippen LogP contribution in [0.25, 0.3) is 5.70 Å². The van der Waals surface area contributed by atoms with Gasteiger partial charge in [-0.15, -0.1) is 5.53 Å². The molecule has 10 nitrogen and oxygen atoms in total. The predicted molar refractivity (Wildman–Crippen MR) is 146 cm³/mol. The third-order valence-corrected chi connectivity index (χ3v) is 6.82. The quantitative estimate of drug-likeness (QED) is 0.422. The molecule has 4 heterocycles. The highest BCUT2D eigenvalue weighted by Crippen LogP contribution is 2.37. The van der Waals surface area contributed by atoms with E-state index in [4.69, 9.17) is 4.74 Å². The maximum atomic E-state index is 13.4. The van der Waals surface area contributed by atoms with Gasteiger partial charge in [0.2, 0.25) is 0 Å². The first-order valence-corrected chi connectivity index (χ1v) is 12.6. The number of amides is 1. The van der Waals surface area contributed by atoms with Crippen molar-refractivity contribution in [2.45, 2.75) is 13.1 Å². The Bertz CT molecular complexity index is 1440. The molecule has 40 heavy (non-hydrogen) atoms.